The molecule has 0 heterocycles. The summed E-state index contributed by atoms with van der Waals surface area (Å²) in [5, 5.41) is 14.7. The number of hydrogen-bond donors (Lipinski definition) is 3. The van der Waals surface area contributed by atoms with Gasteiger partial charge in [-0.1, -0.05) is 55.8 Å². The first-order valence-corrected chi connectivity index (χ1v) is 11.9. The summed E-state index contributed by atoms with van der Waals surface area (Å²) in [6, 6.07) is 5.66. The Morgan fingerprint density at radius 2 is 1.82 bits per heavy atom. The lowest BCUT2D eigenvalue weighted by molar-refractivity contribution is -0.131. The van der Waals surface area contributed by atoms with Crippen molar-refractivity contribution in [3.05, 3.63) is 34.9 Å². The van der Waals surface area contributed by atoms with Crippen LogP contribution in [0.3, 0.4) is 0 Å². The van der Waals surface area contributed by atoms with Crippen LogP contribution in [0.2, 0.25) is 5.02 Å². The summed E-state index contributed by atoms with van der Waals surface area (Å²) in [5.74, 6) is -0.372. The Hall–Kier alpha value is -2.61. The number of hydrogen-bond acceptors (Lipinski definition) is 4. The Labute approximate surface area is 200 Å². The number of nitrogens with one attached hydrogen (secondary N) is 2. The van der Waals surface area contributed by atoms with Crippen LogP contribution in [0, 0.1) is 5.92 Å². The third-order valence-electron chi connectivity index (χ3n) is 6.14. The number of carboxylic acid groups (broad SMARTS) is 1. The summed E-state index contributed by atoms with van der Waals surface area (Å²) in [7, 11) is 1.70. The van der Waals surface area contributed by atoms with Gasteiger partial charge in [0, 0.05) is 25.0 Å². The van der Waals surface area contributed by atoms with E-state index >= 15 is 0 Å². The number of aldehydes is 1. The molecule has 1 aliphatic carbocycles. The Balaban J connectivity index is 1.81. The molecule has 0 aliphatic heterocycles. The highest BCUT2D eigenvalue weighted by Gasteiger charge is 2.27. The van der Waals surface area contributed by atoms with Crippen LogP contribution < -0.4 is 10.6 Å². The quantitative estimate of drug-likeness (QED) is 0.397. The van der Waals surface area contributed by atoms with Crippen molar-refractivity contribution < 1.29 is 24.3 Å². The van der Waals surface area contributed by atoms with Crippen LogP contribution in [0.4, 0.5) is 4.79 Å². The zero-order valence-corrected chi connectivity index (χ0v) is 19.9. The molecule has 1 aromatic rings. The number of carbonyl (C=O) groups is 4. The first kappa shape index (κ1) is 26.6. The molecule has 2 atom stereocenters. The van der Waals surface area contributed by atoms with E-state index in [-0.39, 0.29) is 24.7 Å². The van der Waals surface area contributed by atoms with E-state index in [1.807, 2.05) is 12.1 Å². The summed E-state index contributed by atoms with van der Waals surface area (Å²) >= 11 is 5.88. The number of benzene rings is 1. The lowest BCUT2D eigenvalue weighted by Crippen LogP contribution is -2.50. The molecule has 33 heavy (non-hydrogen) atoms. The van der Waals surface area contributed by atoms with Gasteiger partial charge in [0.25, 0.3) is 0 Å². The van der Waals surface area contributed by atoms with Gasteiger partial charge in [-0.3, -0.25) is 9.59 Å². The third-order valence-corrected chi connectivity index (χ3v) is 6.40. The number of likely N-dealkylation sites (N-methyl/N-ethyl adjacent to an activating group) is 1. The van der Waals surface area contributed by atoms with Gasteiger partial charge >= 0.3 is 6.09 Å². The maximum atomic E-state index is 12.7. The minimum Gasteiger partial charge on any atom is -0.465 e. The normalized spacial score (nSPS) is 15.8. The molecule has 0 radical (unpaired) electrons. The van der Waals surface area contributed by atoms with Crippen LogP contribution in [0.1, 0.15) is 56.9 Å². The van der Waals surface area contributed by atoms with E-state index in [9.17, 15) is 19.2 Å². The highest BCUT2D eigenvalue weighted by atomic mass is 35.5. The zero-order chi connectivity index (χ0) is 24.2. The lowest BCUT2D eigenvalue weighted by Gasteiger charge is -2.26. The molecular formula is C24H34ClN3O5. The van der Waals surface area contributed by atoms with Crippen LogP contribution in [-0.4, -0.2) is 59.9 Å². The van der Waals surface area contributed by atoms with Gasteiger partial charge in [-0.05, 0) is 42.9 Å². The molecule has 2 rings (SSSR count). The van der Waals surface area contributed by atoms with Gasteiger partial charge in [0.1, 0.15) is 12.3 Å². The second-order valence-corrected chi connectivity index (χ2v) is 9.16. The third kappa shape index (κ3) is 9.82. The standard InChI is InChI=1S/C24H34ClN3O5/c1-28(14-13-17-7-9-19(25)10-8-17)22(30)12-11-20(16-29)26-23(31)21(27-24(32)33)15-18-5-3-2-4-6-18/h7-10,16,18,20-21,27H,2-6,11-15H2,1H3,(H,26,31)(H,32,33)/t20-,21-/m0/s1. The van der Waals surface area contributed by atoms with Crippen molar-refractivity contribution in [2.45, 2.75) is 69.9 Å². The predicted molar refractivity (Wildman–Crippen MR) is 126 cm³/mol. The van der Waals surface area contributed by atoms with E-state index in [2.05, 4.69) is 10.6 Å². The Kier molecular flexibility index (Phi) is 11.2. The molecule has 8 nitrogen and oxygen atoms in total. The van der Waals surface area contributed by atoms with E-state index in [1.54, 1.807) is 24.1 Å². The number of carbonyl (C=O) groups excluding carboxylic acids is 3. The van der Waals surface area contributed by atoms with E-state index in [0.717, 1.165) is 37.7 Å². The molecule has 1 aromatic carbocycles. The first-order valence-electron chi connectivity index (χ1n) is 11.5. The lowest BCUT2D eigenvalue weighted by atomic mass is 9.84. The molecule has 3 amide bonds. The summed E-state index contributed by atoms with van der Waals surface area (Å²) in [6.45, 7) is 0.518. The van der Waals surface area contributed by atoms with Crippen molar-refractivity contribution in [3.8, 4) is 0 Å². The van der Waals surface area contributed by atoms with E-state index < -0.39 is 24.1 Å². The molecule has 1 saturated carbocycles. The summed E-state index contributed by atoms with van der Waals surface area (Å²) < 4.78 is 0. The Bertz CT molecular complexity index is 796. The molecule has 0 aromatic heterocycles. The second-order valence-electron chi connectivity index (χ2n) is 8.72. The van der Waals surface area contributed by atoms with Crippen LogP contribution in [0.25, 0.3) is 0 Å². The molecule has 182 valence electrons. The number of rotatable bonds is 12. The van der Waals surface area contributed by atoms with Crippen LogP contribution in [-0.2, 0) is 20.8 Å². The Morgan fingerprint density at radius 3 is 2.42 bits per heavy atom. The van der Waals surface area contributed by atoms with Gasteiger partial charge in [-0.2, -0.15) is 0 Å². The van der Waals surface area contributed by atoms with Gasteiger partial charge in [0.05, 0.1) is 6.04 Å². The number of halogens is 1. The largest absolute Gasteiger partial charge is 0.465 e. The Morgan fingerprint density at radius 1 is 1.15 bits per heavy atom. The molecule has 1 aliphatic rings. The summed E-state index contributed by atoms with van der Waals surface area (Å²) in [4.78, 5) is 49.4. The molecule has 0 unspecified atom stereocenters. The summed E-state index contributed by atoms with van der Waals surface area (Å²) in [5.41, 5.74) is 1.06. The molecule has 0 bridgehead atoms. The fourth-order valence-corrected chi connectivity index (χ4v) is 4.26. The zero-order valence-electron chi connectivity index (χ0n) is 19.1. The van der Waals surface area contributed by atoms with Crippen LogP contribution in [0.5, 0.6) is 0 Å². The molecule has 3 N–H and O–H groups in total. The van der Waals surface area contributed by atoms with E-state index in [4.69, 9.17) is 16.7 Å². The van der Waals surface area contributed by atoms with Crippen molar-refractivity contribution in [2.24, 2.45) is 5.92 Å². The highest BCUT2D eigenvalue weighted by molar-refractivity contribution is 6.30. The van der Waals surface area contributed by atoms with Crippen molar-refractivity contribution in [1.29, 1.82) is 0 Å². The molecular weight excluding hydrogens is 446 g/mol. The van der Waals surface area contributed by atoms with Gasteiger partial charge in [0.15, 0.2) is 0 Å². The van der Waals surface area contributed by atoms with Gasteiger partial charge < -0.3 is 25.4 Å². The average molecular weight is 480 g/mol. The van der Waals surface area contributed by atoms with Crippen LogP contribution in [0.15, 0.2) is 24.3 Å². The second kappa shape index (κ2) is 13.8. The van der Waals surface area contributed by atoms with Gasteiger partial charge in [-0.15, -0.1) is 0 Å². The maximum absolute atomic E-state index is 12.7. The minimum absolute atomic E-state index is 0.0977. The molecule has 0 saturated heterocycles. The smallest absolute Gasteiger partial charge is 0.405 e. The summed E-state index contributed by atoms with van der Waals surface area (Å²) in [6.07, 6.45) is 5.93. The van der Waals surface area contributed by atoms with Crippen molar-refractivity contribution in [2.75, 3.05) is 13.6 Å². The number of amides is 3. The van der Waals surface area contributed by atoms with Crippen LogP contribution >= 0.6 is 11.6 Å². The average Bonchev–Trinajstić information content (AvgIpc) is 2.80. The van der Waals surface area contributed by atoms with Gasteiger partial charge in [-0.25, -0.2) is 4.79 Å². The van der Waals surface area contributed by atoms with Crippen molar-refractivity contribution >= 4 is 35.8 Å². The monoisotopic (exact) mass is 479 g/mol. The topological polar surface area (TPSA) is 116 Å². The van der Waals surface area contributed by atoms with Gasteiger partial charge in [0.2, 0.25) is 11.8 Å². The minimum atomic E-state index is -1.27. The fraction of sp³-hybridized carbons (Fsp3) is 0.583. The maximum Gasteiger partial charge on any atom is 0.405 e. The molecule has 1 fully saturated rings. The first-order chi connectivity index (χ1) is 15.8. The highest BCUT2D eigenvalue weighted by Crippen LogP contribution is 2.27. The van der Waals surface area contributed by atoms with Crippen molar-refractivity contribution in [3.63, 3.8) is 0 Å². The predicted octanol–water partition coefficient (Wildman–Crippen LogP) is 3.41. The SMILES string of the molecule is CN(CCc1ccc(Cl)cc1)C(=O)CC[C@@H](C=O)NC(=O)[C@H](CC1CCCCC1)NC(=O)O. The molecule has 9 heteroatoms. The number of nitrogens with zero attached hydrogens (tertiary/aromatic N) is 1. The van der Waals surface area contributed by atoms with Crippen molar-refractivity contribution in [1.82, 2.24) is 15.5 Å². The van der Waals surface area contributed by atoms with E-state index in [0.29, 0.717) is 30.7 Å². The van der Waals surface area contributed by atoms with E-state index in [1.165, 1.54) is 0 Å². The fourth-order valence-electron chi connectivity index (χ4n) is 4.14. The molecule has 0 spiro atoms.